The van der Waals surface area contributed by atoms with Gasteiger partial charge in [0.25, 0.3) is 0 Å². The fourth-order valence-corrected chi connectivity index (χ4v) is 2.99. The van der Waals surface area contributed by atoms with Gasteiger partial charge in [0, 0.05) is 29.3 Å². The lowest BCUT2D eigenvalue weighted by atomic mass is 10.0. The number of anilines is 1. The van der Waals surface area contributed by atoms with Gasteiger partial charge in [-0.15, -0.1) is 6.42 Å². The minimum Gasteiger partial charge on any atom is -0.382 e. The van der Waals surface area contributed by atoms with E-state index in [2.05, 4.69) is 57.2 Å². The smallest absolute Gasteiger partial charge is 0.0598 e. The highest BCUT2D eigenvalue weighted by molar-refractivity contribution is 9.10. The van der Waals surface area contributed by atoms with E-state index in [0.717, 1.165) is 30.5 Å². The van der Waals surface area contributed by atoms with E-state index in [9.17, 15) is 0 Å². The summed E-state index contributed by atoms with van der Waals surface area (Å²) < 4.78 is 1.15. The molecule has 0 radical (unpaired) electrons. The summed E-state index contributed by atoms with van der Waals surface area (Å²) in [6, 6.07) is 7.06. The summed E-state index contributed by atoms with van der Waals surface area (Å²) in [6.45, 7) is 5.17. The van der Waals surface area contributed by atoms with Gasteiger partial charge in [0.05, 0.1) is 6.54 Å². The van der Waals surface area contributed by atoms with Crippen molar-refractivity contribution >= 4 is 21.6 Å². The highest BCUT2D eigenvalue weighted by atomic mass is 79.9. The van der Waals surface area contributed by atoms with Gasteiger partial charge in [-0.3, -0.25) is 4.90 Å². The van der Waals surface area contributed by atoms with E-state index in [1.165, 1.54) is 24.1 Å². The topological polar surface area (TPSA) is 15.3 Å². The van der Waals surface area contributed by atoms with Crippen LogP contribution in [0.5, 0.6) is 0 Å². The Morgan fingerprint density at radius 3 is 2.79 bits per heavy atom. The van der Waals surface area contributed by atoms with E-state index in [4.69, 9.17) is 6.42 Å². The molecule has 1 aromatic rings. The maximum atomic E-state index is 5.36. The molecule has 0 saturated carbocycles. The molecule has 2 rings (SSSR count). The maximum absolute atomic E-state index is 5.36. The number of nitrogens with one attached hydrogen (secondary N) is 1. The van der Waals surface area contributed by atoms with Crippen LogP contribution in [-0.4, -0.2) is 30.6 Å². The molecule has 0 unspecified atom stereocenters. The number of terminal acetylenes is 1. The number of halogens is 1. The maximum Gasteiger partial charge on any atom is 0.0598 e. The second-order valence-corrected chi connectivity index (χ2v) is 5.97. The molecule has 1 heterocycles. The minimum absolute atomic E-state index is 0.570. The molecule has 1 fully saturated rings. The van der Waals surface area contributed by atoms with Crippen LogP contribution < -0.4 is 5.32 Å². The minimum atomic E-state index is 0.570. The van der Waals surface area contributed by atoms with Gasteiger partial charge in [0.2, 0.25) is 0 Å². The third-order valence-electron chi connectivity index (χ3n) is 3.71. The van der Waals surface area contributed by atoms with E-state index >= 15 is 0 Å². The molecule has 0 bridgehead atoms. The van der Waals surface area contributed by atoms with Crippen LogP contribution in [0.2, 0.25) is 0 Å². The van der Waals surface area contributed by atoms with Gasteiger partial charge in [0.1, 0.15) is 0 Å². The Morgan fingerprint density at radius 2 is 2.16 bits per heavy atom. The highest BCUT2D eigenvalue weighted by Gasteiger charge is 2.18. The molecule has 1 N–H and O–H groups in total. The predicted octanol–water partition coefficient (Wildman–Crippen LogP) is 3.52. The molecule has 1 saturated heterocycles. The number of aryl methyl sites for hydroxylation is 1. The summed E-state index contributed by atoms with van der Waals surface area (Å²) in [5, 5.41) is 3.69. The van der Waals surface area contributed by atoms with Crippen LogP contribution in [-0.2, 0) is 6.42 Å². The van der Waals surface area contributed by atoms with Gasteiger partial charge in [-0.2, -0.15) is 0 Å². The van der Waals surface area contributed by atoms with Crippen LogP contribution in [0.25, 0.3) is 0 Å². The number of piperidine rings is 1. The summed E-state index contributed by atoms with van der Waals surface area (Å²) >= 11 is 3.53. The first-order valence-corrected chi connectivity index (χ1v) is 7.73. The molecule has 3 heteroatoms. The monoisotopic (exact) mass is 320 g/mol. The highest BCUT2D eigenvalue weighted by Crippen LogP contribution is 2.24. The normalized spacial score (nSPS) is 17.1. The fourth-order valence-electron chi connectivity index (χ4n) is 2.58. The van der Waals surface area contributed by atoms with Crippen LogP contribution in [0.4, 0.5) is 5.69 Å². The molecule has 0 amide bonds. The van der Waals surface area contributed by atoms with Crippen molar-refractivity contribution in [1.29, 1.82) is 0 Å². The molecular weight excluding hydrogens is 300 g/mol. The Morgan fingerprint density at radius 1 is 1.42 bits per heavy atom. The standard InChI is InChI=1S/C16H21BrN2/c1-3-9-19-10-7-15(8-11-19)18-16-6-5-14(17)12-13(16)4-2/h1,5-6,12,15,18H,4,7-11H2,2H3. The number of nitrogens with zero attached hydrogens (tertiary/aromatic N) is 1. The molecule has 2 nitrogen and oxygen atoms in total. The Labute approximate surface area is 124 Å². The number of likely N-dealkylation sites (tertiary alicyclic amines) is 1. The molecule has 0 atom stereocenters. The molecule has 1 aromatic carbocycles. The number of benzene rings is 1. The largest absolute Gasteiger partial charge is 0.382 e. The van der Waals surface area contributed by atoms with Crippen molar-refractivity contribution in [3.63, 3.8) is 0 Å². The number of hydrogen-bond donors (Lipinski definition) is 1. The SMILES string of the molecule is C#CCN1CCC(Nc2ccc(Br)cc2CC)CC1. The van der Waals surface area contributed by atoms with Crippen molar-refractivity contribution < 1.29 is 0 Å². The third kappa shape index (κ3) is 3.99. The van der Waals surface area contributed by atoms with Crippen LogP contribution in [0.3, 0.4) is 0 Å². The van der Waals surface area contributed by atoms with E-state index in [0.29, 0.717) is 6.04 Å². The first kappa shape index (κ1) is 14.4. The lowest BCUT2D eigenvalue weighted by Crippen LogP contribution is -2.39. The quantitative estimate of drug-likeness (QED) is 0.854. The third-order valence-corrected chi connectivity index (χ3v) is 4.20. The lowest BCUT2D eigenvalue weighted by Gasteiger charge is -2.32. The lowest BCUT2D eigenvalue weighted by molar-refractivity contribution is 0.243. The van der Waals surface area contributed by atoms with Crippen LogP contribution in [0.1, 0.15) is 25.3 Å². The summed E-state index contributed by atoms with van der Waals surface area (Å²) in [4.78, 5) is 2.35. The Hall–Kier alpha value is -0.980. The molecular formula is C16H21BrN2. The van der Waals surface area contributed by atoms with Crippen molar-refractivity contribution in [1.82, 2.24) is 4.90 Å². The van der Waals surface area contributed by atoms with Gasteiger partial charge in [-0.25, -0.2) is 0 Å². The summed E-state index contributed by atoms with van der Waals surface area (Å²) in [7, 11) is 0. The zero-order valence-corrected chi connectivity index (χ0v) is 13.0. The number of rotatable bonds is 4. The summed E-state index contributed by atoms with van der Waals surface area (Å²) in [6.07, 6.45) is 8.75. The first-order chi connectivity index (χ1) is 9.22. The predicted molar refractivity (Wildman–Crippen MR) is 85.4 cm³/mol. The molecule has 0 spiro atoms. The molecule has 19 heavy (non-hydrogen) atoms. The molecule has 0 aliphatic carbocycles. The molecule has 1 aliphatic heterocycles. The Balaban J connectivity index is 1.94. The second kappa shape index (κ2) is 6.98. The van der Waals surface area contributed by atoms with E-state index < -0.39 is 0 Å². The van der Waals surface area contributed by atoms with Crippen molar-refractivity contribution in [3.8, 4) is 12.3 Å². The molecule has 0 aromatic heterocycles. The molecule has 102 valence electrons. The summed E-state index contributed by atoms with van der Waals surface area (Å²) in [5.74, 6) is 2.73. The summed E-state index contributed by atoms with van der Waals surface area (Å²) in [5.41, 5.74) is 2.65. The van der Waals surface area contributed by atoms with Gasteiger partial charge in [0.15, 0.2) is 0 Å². The van der Waals surface area contributed by atoms with Crippen LogP contribution in [0, 0.1) is 12.3 Å². The van der Waals surface area contributed by atoms with Crippen LogP contribution >= 0.6 is 15.9 Å². The Kier molecular flexibility index (Phi) is 5.30. The van der Waals surface area contributed by atoms with Gasteiger partial charge < -0.3 is 5.32 Å². The van der Waals surface area contributed by atoms with E-state index in [1.54, 1.807) is 0 Å². The van der Waals surface area contributed by atoms with E-state index in [1.807, 2.05) is 0 Å². The van der Waals surface area contributed by atoms with Crippen molar-refractivity contribution in [2.24, 2.45) is 0 Å². The first-order valence-electron chi connectivity index (χ1n) is 6.93. The Bertz CT molecular complexity index is 456. The second-order valence-electron chi connectivity index (χ2n) is 5.05. The van der Waals surface area contributed by atoms with Crippen molar-refractivity contribution in [3.05, 3.63) is 28.2 Å². The van der Waals surface area contributed by atoms with E-state index in [-0.39, 0.29) is 0 Å². The average Bonchev–Trinajstić information content (AvgIpc) is 2.43. The van der Waals surface area contributed by atoms with Crippen molar-refractivity contribution in [2.45, 2.75) is 32.2 Å². The molecule has 1 aliphatic rings. The van der Waals surface area contributed by atoms with Gasteiger partial charge in [-0.1, -0.05) is 28.8 Å². The zero-order valence-electron chi connectivity index (χ0n) is 11.5. The average molecular weight is 321 g/mol. The van der Waals surface area contributed by atoms with Gasteiger partial charge >= 0.3 is 0 Å². The fraction of sp³-hybridized carbons (Fsp3) is 0.500. The zero-order chi connectivity index (χ0) is 13.7. The van der Waals surface area contributed by atoms with Gasteiger partial charge in [-0.05, 0) is 43.0 Å². The number of hydrogen-bond acceptors (Lipinski definition) is 2. The van der Waals surface area contributed by atoms with Crippen LogP contribution in [0.15, 0.2) is 22.7 Å². The van der Waals surface area contributed by atoms with Crippen molar-refractivity contribution in [2.75, 3.05) is 25.0 Å².